The van der Waals surface area contributed by atoms with E-state index in [1.54, 1.807) is 0 Å². The molecule has 68 valence electrons. The van der Waals surface area contributed by atoms with E-state index in [2.05, 4.69) is 11.8 Å². The van der Waals surface area contributed by atoms with Crippen LogP contribution in [0.2, 0.25) is 0 Å². The summed E-state index contributed by atoms with van der Waals surface area (Å²) in [4.78, 5) is 2.06. The van der Waals surface area contributed by atoms with Gasteiger partial charge in [-0.2, -0.15) is 0 Å². The third kappa shape index (κ3) is 4.35. The highest BCUT2D eigenvalue weighted by molar-refractivity contribution is 4.72. The van der Waals surface area contributed by atoms with Crippen LogP contribution in [0.3, 0.4) is 0 Å². The summed E-state index contributed by atoms with van der Waals surface area (Å²) in [6, 6.07) is -0.0796. The fourth-order valence-electron chi connectivity index (χ4n) is 0.856. The number of aliphatic hydroxyl groups is 1. The first-order chi connectivity index (χ1) is 5.11. The maximum absolute atomic E-state index is 9.45. The maximum atomic E-state index is 9.45. The highest BCUT2D eigenvalue weighted by Crippen LogP contribution is 1.96. The zero-order valence-electron chi connectivity index (χ0n) is 7.75. The van der Waals surface area contributed by atoms with Crippen LogP contribution in [0.1, 0.15) is 20.3 Å². The van der Waals surface area contributed by atoms with Gasteiger partial charge in [-0.25, -0.2) is 0 Å². The van der Waals surface area contributed by atoms with Crippen molar-refractivity contribution in [3.05, 3.63) is 0 Å². The van der Waals surface area contributed by atoms with Crippen LogP contribution in [-0.2, 0) is 0 Å². The molecule has 0 aliphatic heterocycles. The van der Waals surface area contributed by atoms with Crippen LogP contribution in [0.25, 0.3) is 0 Å². The average molecular weight is 160 g/mol. The Morgan fingerprint density at radius 3 is 2.36 bits per heavy atom. The number of likely N-dealkylation sites (N-methyl/N-ethyl adjacent to an activating group) is 1. The molecule has 0 heterocycles. The fraction of sp³-hybridized carbons (Fsp3) is 1.00. The molecule has 0 aliphatic rings. The molecule has 0 saturated heterocycles. The van der Waals surface area contributed by atoms with Gasteiger partial charge in [0.25, 0.3) is 0 Å². The molecule has 0 fully saturated rings. The molecule has 11 heavy (non-hydrogen) atoms. The predicted molar refractivity (Wildman–Crippen MR) is 47.4 cm³/mol. The van der Waals surface area contributed by atoms with Crippen molar-refractivity contribution in [1.29, 1.82) is 0 Å². The molecule has 2 atom stereocenters. The van der Waals surface area contributed by atoms with Crippen LogP contribution >= 0.6 is 0 Å². The van der Waals surface area contributed by atoms with Crippen molar-refractivity contribution in [2.45, 2.75) is 32.4 Å². The number of nitrogens with two attached hydrogens (primary N) is 1. The van der Waals surface area contributed by atoms with E-state index in [-0.39, 0.29) is 12.1 Å². The van der Waals surface area contributed by atoms with Crippen LogP contribution in [0.15, 0.2) is 0 Å². The Hall–Kier alpha value is -0.120. The maximum Gasteiger partial charge on any atom is 0.0817 e. The van der Waals surface area contributed by atoms with Gasteiger partial charge in [0, 0.05) is 12.6 Å². The van der Waals surface area contributed by atoms with E-state index in [9.17, 15) is 5.11 Å². The topological polar surface area (TPSA) is 49.5 Å². The molecule has 3 nitrogen and oxygen atoms in total. The minimum Gasteiger partial charge on any atom is -0.390 e. The first kappa shape index (κ1) is 10.9. The summed E-state index contributed by atoms with van der Waals surface area (Å²) < 4.78 is 0. The van der Waals surface area contributed by atoms with Gasteiger partial charge in [0.1, 0.15) is 0 Å². The zero-order chi connectivity index (χ0) is 8.85. The van der Waals surface area contributed by atoms with Gasteiger partial charge in [0.15, 0.2) is 0 Å². The molecule has 0 spiro atoms. The normalized spacial score (nSPS) is 16.9. The van der Waals surface area contributed by atoms with Crippen LogP contribution < -0.4 is 5.73 Å². The van der Waals surface area contributed by atoms with Crippen molar-refractivity contribution < 1.29 is 5.11 Å². The lowest BCUT2D eigenvalue weighted by atomic mass is 10.1. The molecule has 0 rings (SSSR count). The molecule has 0 aromatic heterocycles. The van der Waals surface area contributed by atoms with E-state index in [4.69, 9.17) is 5.73 Å². The minimum atomic E-state index is -0.384. The van der Waals surface area contributed by atoms with E-state index in [1.165, 1.54) is 0 Å². The summed E-state index contributed by atoms with van der Waals surface area (Å²) in [6.07, 6.45) is 0.448. The quantitative estimate of drug-likeness (QED) is 0.597. The van der Waals surface area contributed by atoms with E-state index < -0.39 is 0 Å². The van der Waals surface area contributed by atoms with Crippen molar-refractivity contribution in [3.8, 4) is 0 Å². The third-order valence-corrected chi connectivity index (χ3v) is 2.00. The summed E-state index contributed by atoms with van der Waals surface area (Å²) in [5, 5.41) is 9.45. The average Bonchev–Trinajstić information content (AvgIpc) is 2.02. The van der Waals surface area contributed by atoms with Gasteiger partial charge in [-0.15, -0.1) is 0 Å². The molecule has 0 radical (unpaired) electrons. The van der Waals surface area contributed by atoms with Crippen LogP contribution in [0.4, 0.5) is 0 Å². The Morgan fingerprint density at radius 2 is 2.00 bits per heavy atom. The van der Waals surface area contributed by atoms with Gasteiger partial charge in [0.05, 0.1) is 6.10 Å². The lowest BCUT2D eigenvalue weighted by molar-refractivity contribution is 0.103. The van der Waals surface area contributed by atoms with Gasteiger partial charge in [-0.1, -0.05) is 13.8 Å². The number of hydrogen-bond donors (Lipinski definition) is 2. The van der Waals surface area contributed by atoms with Crippen LogP contribution in [-0.4, -0.2) is 42.3 Å². The number of aliphatic hydroxyl groups excluding tert-OH is 1. The van der Waals surface area contributed by atoms with Gasteiger partial charge in [-0.3, -0.25) is 0 Å². The largest absolute Gasteiger partial charge is 0.390 e. The van der Waals surface area contributed by atoms with E-state index in [0.29, 0.717) is 6.54 Å². The third-order valence-electron chi connectivity index (χ3n) is 2.00. The lowest BCUT2D eigenvalue weighted by Crippen LogP contribution is -2.41. The van der Waals surface area contributed by atoms with E-state index in [0.717, 1.165) is 13.0 Å². The second kappa shape index (κ2) is 5.52. The Morgan fingerprint density at radius 1 is 1.45 bits per heavy atom. The molecular formula is C8H20N2O. The Balaban J connectivity index is 3.58. The molecule has 0 aromatic carbocycles. The molecule has 0 bridgehead atoms. The number of hydrogen-bond acceptors (Lipinski definition) is 3. The summed E-state index contributed by atoms with van der Waals surface area (Å²) >= 11 is 0. The molecule has 0 aliphatic carbocycles. The molecule has 0 aromatic rings. The van der Waals surface area contributed by atoms with Crippen LogP contribution in [0, 0.1) is 0 Å². The first-order valence-electron chi connectivity index (χ1n) is 4.24. The summed E-state index contributed by atoms with van der Waals surface area (Å²) in [7, 11) is 1.98. The summed E-state index contributed by atoms with van der Waals surface area (Å²) in [5.41, 5.74) is 5.64. The smallest absolute Gasteiger partial charge is 0.0817 e. The summed E-state index contributed by atoms with van der Waals surface area (Å²) in [5.74, 6) is 0. The monoisotopic (exact) mass is 160 g/mol. The van der Waals surface area contributed by atoms with Gasteiger partial charge in [0.2, 0.25) is 0 Å². The molecule has 2 unspecified atom stereocenters. The second-order valence-electron chi connectivity index (χ2n) is 2.99. The lowest BCUT2D eigenvalue weighted by Gasteiger charge is -2.22. The highest BCUT2D eigenvalue weighted by atomic mass is 16.3. The zero-order valence-corrected chi connectivity index (χ0v) is 7.75. The fourth-order valence-corrected chi connectivity index (χ4v) is 0.856. The standard InChI is InChI=1S/C8H20N2O/c1-4-7(9)8(11)6-10(3)5-2/h7-8,11H,4-6,9H2,1-3H3. The van der Waals surface area contributed by atoms with E-state index in [1.807, 2.05) is 14.0 Å². The SMILES string of the molecule is CCC(N)C(O)CN(C)CC. The van der Waals surface area contributed by atoms with Crippen molar-refractivity contribution in [2.24, 2.45) is 5.73 Å². The summed E-state index contributed by atoms with van der Waals surface area (Å²) in [6.45, 7) is 5.67. The molecule has 3 N–H and O–H groups in total. The molecule has 3 heteroatoms. The van der Waals surface area contributed by atoms with Gasteiger partial charge in [-0.05, 0) is 20.0 Å². The molecule has 0 amide bonds. The number of nitrogens with zero attached hydrogens (tertiary/aromatic N) is 1. The van der Waals surface area contributed by atoms with Gasteiger partial charge < -0.3 is 15.7 Å². The van der Waals surface area contributed by atoms with Crippen molar-refractivity contribution >= 4 is 0 Å². The van der Waals surface area contributed by atoms with Crippen molar-refractivity contribution in [3.63, 3.8) is 0 Å². The minimum absolute atomic E-state index is 0.0796. The molecular weight excluding hydrogens is 140 g/mol. The van der Waals surface area contributed by atoms with Crippen molar-refractivity contribution in [2.75, 3.05) is 20.1 Å². The predicted octanol–water partition coefficient (Wildman–Crippen LogP) is 0.0363. The first-order valence-corrected chi connectivity index (χ1v) is 4.24. The van der Waals surface area contributed by atoms with Crippen molar-refractivity contribution in [1.82, 2.24) is 4.90 Å². The Kier molecular flexibility index (Phi) is 5.46. The Labute approximate surface area is 69.2 Å². The highest BCUT2D eigenvalue weighted by Gasteiger charge is 2.13. The number of rotatable bonds is 5. The van der Waals surface area contributed by atoms with Crippen LogP contribution in [0.5, 0.6) is 0 Å². The van der Waals surface area contributed by atoms with Gasteiger partial charge >= 0.3 is 0 Å². The van der Waals surface area contributed by atoms with E-state index >= 15 is 0 Å². The Bertz CT molecular complexity index is 98.1. The second-order valence-corrected chi connectivity index (χ2v) is 2.99. The molecule has 0 saturated carbocycles.